The summed E-state index contributed by atoms with van der Waals surface area (Å²) in [6.45, 7) is 6.38. The zero-order valence-electron chi connectivity index (χ0n) is 7.50. The molecule has 0 radical (unpaired) electrons. The van der Waals surface area contributed by atoms with Gasteiger partial charge in [0.2, 0.25) is 0 Å². The molecule has 0 spiro atoms. The Morgan fingerprint density at radius 2 is 1.92 bits per heavy atom. The summed E-state index contributed by atoms with van der Waals surface area (Å²) >= 11 is 7.65. The van der Waals surface area contributed by atoms with Crippen LogP contribution in [0, 0.1) is 5.41 Å². The Labute approximate surface area is 84.2 Å². The van der Waals surface area contributed by atoms with Gasteiger partial charge in [-0.05, 0) is 5.41 Å². The molecule has 0 aliphatic carbocycles. The van der Waals surface area contributed by atoms with Crippen LogP contribution >= 0.6 is 25.3 Å². The highest BCUT2D eigenvalue weighted by atomic mass is 32.2. The molecule has 0 aromatic heterocycles. The molecule has 0 atom stereocenters. The maximum absolute atomic E-state index is 10.9. The predicted molar refractivity (Wildman–Crippen MR) is 56.5 cm³/mol. The summed E-state index contributed by atoms with van der Waals surface area (Å²) < 4.78 is 5.26. The fourth-order valence-electron chi connectivity index (χ4n) is 0.435. The van der Waals surface area contributed by atoms with Crippen LogP contribution < -0.4 is 0 Å². The van der Waals surface area contributed by atoms with Gasteiger partial charge in [0.1, 0.15) is 0 Å². The van der Waals surface area contributed by atoms with Crippen molar-refractivity contribution in [2.75, 3.05) is 6.61 Å². The van der Waals surface area contributed by atoms with Crippen LogP contribution in [0.15, 0.2) is 10.3 Å². The highest BCUT2D eigenvalue weighted by molar-refractivity contribution is 8.05. The quantitative estimate of drug-likeness (QED) is 0.412. The molecule has 0 rings (SSSR count). The lowest BCUT2D eigenvalue weighted by Crippen LogP contribution is -2.17. The Hall–Kier alpha value is -0.0900. The number of hydrogen-bond acceptors (Lipinski definition) is 4. The molecule has 12 heavy (non-hydrogen) atoms. The van der Waals surface area contributed by atoms with Crippen LogP contribution in [0.1, 0.15) is 20.8 Å². The molecular formula is C8H14O2S2. The molecule has 0 aliphatic heterocycles. The number of carbonyl (C=O) groups excluding carboxylic acids is 1. The molecular weight excluding hydrogens is 192 g/mol. The van der Waals surface area contributed by atoms with E-state index in [1.165, 1.54) is 6.08 Å². The summed E-state index contributed by atoms with van der Waals surface area (Å²) in [6, 6.07) is 0. The maximum Gasteiger partial charge on any atom is 0.332 e. The minimum absolute atomic E-state index is 0.00311. The molecule has 4 heteroatoms. The van der Waals surface area contributed by atoms with E-state index in [9.17, 15) is 4.79 Å². The summed E-state index contributed by atoms with van der Waals surface area (Å²) in [6.07, 6.45) is 1.23. The van der Waals surface area contributed by atoms with Gasteiger partial charge in [0.25, 0.3) is 0 Å². The smallest absolute Gasteiger partial charge is 0.332 e. The second-order valence-corrected chi connectivity index (χ2v) is 4.99. The van der Waals surface area contributed by atoms with Crippen molar-refractivity contribution in [1.29, 1.82) is 0 Å². The minimum Gasteiger partial charge on any atom is -0.462 e. The Balaban J connectivity index is 3.81. The van der Waals surface area contributed by atoms with Gasteiger partial charge in [-0.25, -0.2) is 4.79 Å². The maximum atomic E-state index is 10.9. The van der Waals surface area contributed by atoms with E-state index in [0.717, 1.165) is 0 Å². The number of ether oxygens (including phenoxy) is 1. The third kappa shape index (κ3) is 8.01. The third-order valence-corrected chi connectivity index (χ3v) is 1.15. The molecule has 0 fully saturated rings. The number of carbonyl (C=O) groups is 1. The lowest BCUT2D eigenvalue weighted by molar-refractivity contribution is -0.140. The average molecular weight is 206 g/mol. The van der Waals surface area contributed by atoms with Crippen LogP contribution in [0.25, 0.3) is 0 Å². The lowest BCUT2D eigenvalue weighted by atomic mass is 9.99. The number of hydrogen-bond donors (Lipinski definition) is 2. The average Bonchev–Trinajstić information content (AvgIpc) is 1.80. The lowest BCUT2D eigenvalue weighted by Gasteiger charge is -2.16. The summed E-state index contributed by atoms with van der Waals surface area (Å²) in [5.41, 5.74) is -0.00311. The molecule has 0 bridgehead atoms. The van der Waals surface area contributed by atoms with Gasteiger partial charge in [0.15, 0.2) is 0 Å². The Morgan fingerprint density at radius 1 is 1.42 bits per heavy atom. The van der Waals surface area contributed by atoms with Crippen molar-refractivity contribution in [3.63, 3.8) is 0 Å². The molecule has 0 aromatic rings. The van der Waals surface area contributed by atoms with Crippen LogP contribution in [0.4, 0.5) is 0 Å². The normalized spacial score (nSPS) is 10.8. The van der Waals surface area contributed by atoms with Crippen molar-refractivity contribution >= 4 is 31.2 Å². The van der Waals surface area contributed by atoms with Gasteiger partial charge >= 0.3 is 5.97 Å². The first kappa shape index (κ1) is 11.9. The summed E-state index contributed by atoms with van der Waals surface area (Å²) in [5, 5.41) is 0. The van der Waals surface area contributed by atoms with E-state index in [4.69, 9.17) is 4.74 Å². The van der Waals surface area contributed by atoms with Crippen molar-refractivity contribution < 1.29 is 9.53 Å². The Bertz CT molecular complexity index is 188. The minimum atomic E-state index is -0.398. The fraction of sp³-hybridized carbons (Fsp3) is 0.625. The van der Waals surface area contributed by atoms with E-state index < -0.39 is 5.97 Å². The van der Waals surface area contributed by atoms with E-state index in [2.05, 4.69) is 25.3 Å². The van der Waals surface area contributed by atoms with E-state index in [1.54, 1.807) is 0 Å². The van der Waals surface area contributed by atoms with Crippen molar-refractivity contribution in [3.05, 3.63) is 10.3 Å². The first-order valence-corrected chi connectivity index (χ1v) is 4.47. The molecule has 0 heterocycles. The first-order chi connectivity index (χ1) is 5.31. The van der Waals surface area contributed by atoms with Gasteiger partial charge in [-0.15, -0.1) is 25.3 Å². The van der Waals surface area contributed by atoms with Crippen molar-refractivity contribution in [2.45, 2.75) is 20.8 Å². The van der Waals surface area contributed by atoms with Gasteiger partial charge in [-0.3, -0.25) is 0 Å². The molecule has 0 saturated heterocycles. The van der Waals surface area contributed by atoms with Crippen LogP contribution in [-0.2, 0) is 9.53 Å². The van der Waals surface area contributed by atoms with Gasteiger partial charge in [-0.1, -0.05) is 20.8 Å². The van der Waals surface area contributed by atoms with Crippen LogP contribution in [0.2, 0.25) is 0 Å². The standard InChI is InChI=1S/C8H14O2S2/c1-8(2,3)5-10-6(9)4-7(11)12/h4,11-12H,5H2,1-3H3. The van der Waals surface area contributed by atoms with Gasteiger partial charge in [0.05, 0.1) is 6.61 Å². The molecule has 0 saturated carbocycles. The molecule has 0 amide bonds. The van der Waals surface area contributed by atoms with Crippen molar-refractivity contribution in [3.8, 4) is 0 Å². The summed E-state index contributed by atoms with van der Waals surface area (Å²) in [7, 11) is 0. The Kier molecular flexibility index (Phi) is 4.78. The second kappa shape index (κ2) is 4.82. The molecule has 0 aromatic carbocycles. The van der Waals surface area contributed by atoms with Gasteiger partial charge in [0, 0.05) is 10.3 Å². The molecule has 0 N–H and O–H groups in total. The van der Waals surface area contributed by atoms with Gasteiger partial charge in [-0.2, -0.15) is 0 Å². The molecule has 2 nitrogen and oxygen atoms in total. The van der Waals surface area contributed by atoms with E-state index in [-0.39, 0.29) is 5.41 Å². The Morgan fingerprint density at radius 3 is 2.25 bits per heavy atom. The molecule has 0 unspecified atom stereocenters. The van der Waals surface area contributed by atoms with Crippen molar-refractivity contribution in [2.24, 2.45) is 5.41 Å². The number of rotatable bonds is 2. The van der Waals surface area contributed by atoms with E-state index in [0.29, 0.717) is 10.8 Å². The van der Waals surface area contributed by atoms with Crippen LogP contribution in [-0.4, -0.2) is 12.6 Å². The largest absolute Gasteiger partial charge is 0.462 e. The molecule has 70 valence electrons. The number of esters is 1. The van der Waals surface area contributed by atoms with Crippen LogP contribution in [0.3, 0.4) is 0 Å². The highest BCUT2D eigenvalue weighted by Crippen LogP contribution is 2.13. The van der Waals surface area contributed by atoms with E-state index in [1.807, 2.05) is 20.8 Å². The van der Waals surface area contributed by atoms with Gasteiger partial charge < -0.3 is 4.74 Å². The zero-order chi connectivity index (χ0) is 9.78. The van der Waals surface area contributed by atoms with Crippen LogP contribution in [0.5, 0.6) is 0 Å². The topological polar surface area (TPSA) is 26.3 Å². The number of thiol groups is 2. The first-order valence-electron chi connectivity index (χ1n) is 3.58. The van der Waals surface area contributed by atoms with Crippen molar-refractivity contribution in [1.82, 2.24) is 0 Å². The highest BCUT2D eigenvalue weighted by Gasteiger charge is 2.12. The zero-order valence-corrected chi connectivity index (χ0v) is 9.28. The third-order valence-electron chi connectivity index (χ3n) is 0.894. The summed E-state index contributed by atoms with van der Waals surface area (Å²) in [4.78, 5) is 10.9. The monoisotopic (exact) mass is 206 g/mol. The van der Waals surface area contributed by atoms with E-state index >= 15 is 0 Å². The molecule has 0 aliphatic rings. The predicted octanol–water partition coefficient (Wildman–Crippen LogP) is 2.28. The second-order valence-electron chi connectivity index (χ2n) is 3.67. The summed E-state index contributed by atoms with van der Waals surface area (Å²) in [5.74, 6) is -0.398. The fourth-order valence-corrected chi connectivity index (χ4v) is 0.646. The SMILES string of the molecule is CC(C)(C)COC(=O)C=C(S)S.